The average molecular weight is 304 g/mol. The highest BCUT2D eigenvalue weighted by molar-refractivity contribution is 6.66. The first kappa shape index (κ1) is 19.5. The molecule has 0 bridgehead atoms. The molecule has 0 unspecified atom stereocenters. The number of terminal acetylenes is 3. The standard InChI is InChI=1S/C17H24O3Si/c1-11-15(5,6)18-21(14-4,19-16(7,8)12-2)20-17(9,10)13-3/h1-3,14H,4H2,5-10H3. The molecule has 0 aromatic rings. The van der Waals surface area contributed by atoms with Crippen molar-refractivity contribution >= 4 is 8.80 Å². The molecule has 0 rings (SSSR count). The fourth-order valence-electron chi connectivity index (χ4n) is 1.34. The topological polar surface area (TPSA) is 27.7 Å². The highest BCUT2D eigenvalue weighted by Gasteiger charge is 2.49. The highest BCUT2D eigenvalue weighted by Crippen LogP contribution is 2.29. The summed E-state index contributed by atoms with van der Waals surface area (Å²) in [6, 6.07) is 0. The van der Waals surface area contributed by atoms with Crippen LogP contribution in [0.15, 0.2) is 12.3 Å². The molecule has 3 nitrogen and oxygen atoms in total. The monoisotopic (exact) mass is 304 g/mol. The third-order valence-corrected chi connectivity index (χ3v) is 5.37. The second-order valence-corrected chi connectivity index (χ2v) is 8.31. The predicted molar refractivity (Wildman–Crippen MR) is 87.9 cm³/mol. The van der Waals surface area contributed by atoms with Crippen LogP contribution in [0.25, 0.3) is 0 Å². The summed E-state index contributed by atoms with van der Waals surface area (Å²) < 4.78 is 17.8. The lowest BCUT2D eigenvalue weighted by atomic mass is 10.2. The molecule has 4 heteroatoms. The fourth-order valence-corrected chi connectivity index (χ4v) is 4.03. The summed E-state index contributed by atoms with van der Waals surface area (Å²) in [4.78, 5) is 0. The van der Waals surface area contributed by atoms with Gasteiger partial charge in [-0.05, 0) is 47.2 Å². The lowest BCUT2D eigenvalue weighted by molar-refractivity contribution is -0.0378. The Balaban J connectivity index is 5.74. The van der Waals surface area contributed by atoms with E-state index in [2.05, 4.69) is 24.3 Å². The largest absolute Gasteiger partial charge is 0.532 e. The zero-order valence-corrected chi connectivity index (χ0v) is 14.7. The Labute approximate surface area is 130 Å². The Morgan fingerprint density at radius 2 is 1.00 bits per heavy atom. The minimum atomic E-state index is -3.40. The average Bonchev–Trinajstić information content (AvgIpc) is 2.37. The van der Waals surface area contributed by atoms with Crippen LogP contribution in [-0.4, -0.2) is 25.6 Å². The van der Waals surface area contributed by atoms with E-state index in [-0.39, 0.29) is 0 Å². The van der Waals surface area contributed by atoms with Crippen molar-refractivity contribution in [1.82, 2.24) is 0 Å². The maximum atomic E-state index is 5.95. The zero-order chi connectivity index (χ0) is 16.9. The fraction of sp³-hybridized carbons (Fsp3) is 0.529. The summed E-state index contributed by atoms with van der Waals surface area (Å²) in [5.41, 5.74) is -1.23. The molecule has 0 aliphatic rings. The molecule has 0 fully saturated rings. The van der Waals surface area contributed by atoms with Crippen LogP contribution in [0.5, 0.6) is 0 Å². The quantitative estimate of drug-likeness (QED) is 0.535. The van der Waals surface area contributed by atoms with E-state index in [0.29, 0.717) is 0 Å². The van der Waals surface area contributed by atoms with Gasteiger partial charge in [-0.15, -0.1) is 19.3 Å². The second kappa shape index (κ2) is 6.52. The van der Waals surface area contributed by atoms with E-state index in [4.69, 9.17) is 32.5 Å². The molecular formula is C17H24O3Si. The van der Waals surface area contributed by atoms with Crippen LogP contribution < -0.4 is 0 Å². The van der Waals surface area contributed by atoms with E-state index >= 15 is 0 Å². The molecule has 21 heavy (non-hydrogen) atoms. The molecule has 0 radical (unpaired) electrons. The van der Waals surface area contributed by atoms with Gasteiger partial charge in [-0.1, -0.05) is 24.3 Å². The first-order chi connectivity index (χ1) is 9.36. The number of hydrogen-bond acceptors (Lipinski definition) is 3. The van der Waals surface area contributed by atoms with Crippen molar-refractivity contribution < 1.29 is 13.3 Å². The summed E-state index contributed by atoms with van der Waals surface area (Å²) in [6.45, 7) is 14.2. The molecule has 114 valence electrons. The van der Waals surface area contributed by atoms with Crippen molar-refractivity contribution in [3.8, 4) is 37.0 Å². The molecule has 0 saturated heterocycles. The van der Waals surface area contributed by atoms with Gasteiger partial charge in [0.05, 0.1) is 0 Å². The van der Waals surface area contributed by atoms with Crippen molar-refractivity contribution in [1.29, 1.82) is 0 Å². The van der Waals surface area contributed by atoms with E-state index < -0.39 is 25.6 Å². The Morgan fingerprint density at radius 3 is 1.14 bits per heavy atom. The molecule has 0 aromatic carbocycles. The Kier molecular flexibility index (Phi) is 6.06. The first-order valence-electron chi connectivity index (χ1n) is 6.54. The molecule has 0 amide bonds. The van der Waals surface area contributed by atoms with Gasteiger partial charge in [0.1, 0.15) is 16.8 Å². The third-order valence-electron chi connectivity index (χ3n) is 2.49. The highest BCUT2D eigenvalue weighted by atomic mass is 28.4. The lowest BCUT2D eigenvalue weighted by Crippen LogP contribution is -2.56. The second-order valence-electron chi connectivity index (χ2n) is 6.08. The molecule has 0 aliphatic carbocycles. The number of hydrogen-bond donors (Lipinski definition) is 0. The van der Waals surface area contributed by atoms with E-state index in [0.717, 1.165) is 0 Å². The molecule has 0 saturated carbocycles. The molecule has 0 spiro atoms. The van der Waals surface area contributed by atoms with E-state index in [1.165, 1.54) is 5.70 Å². The maximum absolute atomic E-state index is 5.95. The van der Waals surface area contributed by atoms with Gasteiger partial charge in [0.15, 0.2) is 0 Å². The molecule has 0 aromatic heterocycles. The first-order valence-corrected chi connectivity index (χ1v) is 8.34. The van der Waals surface area contributed by atoms with E-state index in [9.17, 15) is 0 Å². The van der Waals surface area contributed by atoms with Crippen LogP contribution in [-0.2, 0) is 13.3 Å². The molecule has 0 aliphatic heterocycles. The van der Waals surface area contributed by atoms with Gasteiger partial charge in [0.2, 0.25) is 0 Å². The van der Waals surface area contributed by atoms with Crippen LogP contribution in [0.4, 0.5) is 0 Å². The van der Waals surface area contributed by atoms with Gasteiger partial charge in [-0.3, -0.25) is 0 Å². The van der Waals surface area contributed by atoms with Gasteiger partial charge in [0, 0.05) is 0 Å². The number of rotatable bonds is 7. The SMILES string of the molecule is C#CC(C)(C)O[Si](C=C)(OC(C)(C)C#C)OC(C)(C)C#C. The Bertz CT molecular complexity index is 440. The molecular weight excluding hydrogens is 280 g/mol. The van der Waals surface area contributed by atoms with Gasteiger partial charge in [-0.2, -0.15) is 0 Å². The maximum Gasteiger partial charge on any atom is 0.532 e. The van der Waals surface area contributed by atoms with Crippen molar-refractivity contribution in [2.75, 3.05) is 0 Å². The minimum absolute atomic E-state index is 0.907. The van der Waals surface area contributed by atoms with E-state index in [1.54, 1.807) is 41.5 Å². The Morgan fingerprint density at radius 1 is 0.762 bits per heavy atom. The zero-order valence-electron chi connectivity index (χ0n) is 13.7. The summed E-state index contributed by atoms with van der Waals surface area (Å²) in [5, 5.41) is 0. The van der Waals surface area contributed by atoms with Gasteiger partial charge in [0.25, 0.3) is 0 Å². The van der Waals surface area contributed by atoms with E-state index in [1.807, 2.05) is 0 Å². The van der Waals surface area contributed by atoms with Crippen molar-refractivity contribution in [3.63, 3.8) is 0 Å². The smallest absolute Gasteiger partial charge is 0.354 e. The van der Waals surface area contributed by atoms with Crippen molar-refractivity contribution in [3.05, 3.63) is 12.3 Å². The van der Waals surface area contributed by atoms with Crippen LogP contribution in [0.3, 0.4) is 0 Å². The Hall–Kier alpha value is -1.48. The normalized spacial score (nSPS) is 12.9. The van der Waals surface area contributed by atoms with Crippen LogP contribution in [0.1, 0.15) is 41.5 Å². The van der Waals surface area contributed by atoms with Crippen LogP contribution in [0.2, 0.25) is 0 Å². The van der Waals surface area contributed by atoms with Crippen LogP contribution >= 0.6 is 0 Å². The lowest BCUT2D eigenvalue weighted by Gasteiger charge is -2.39. The van der Waals surface area contributed by atoms with Gasteiger partial charge in [-0.25, -0.2) is 0 Å². The summed E-state index contributed by atoms with van der Waals surface area (Å²) >= 11 is 0. The van der Waals surface area contributed by atoms with Crippen molar-refractivity contribution in [2.24, 2.45) is 0 Å². The van der Waals surface area contributed by atoms with Gasteiger partial charge < -0.3 is 13.3 Å². The van der Waals surface area contributed by atoms with Gasteiger partial charge >= 0.3 is 8.80 Å². The molecule has 0 heterocycles. The van der Waals surface area contributed by atoms with Crippen LogP contribution in [0, 0.1) is 37.0 Å². The summed E-state index contributed by atoms with van der Waals surface area (Å²) in [7, 11) is -3.40. The minimum Gasteiger partial charge on any atom is -0.354 e. The third kappa shape index (κ3) is 6.21. The molecule has 0 N–H and O–H groups in total. The summed E-state index contributed by atoms with van der Waals surface area (Å²) in [5.74, 6) is 7.62. The summed E-state index contributed by atoms with van der Waals surface area (Å²) in [6.07, 6.45) is 16.4. The predicted octanol–water partition coefficient (Wildman–Crippen LogP) is 2.94. The molecule has 0 atom stereocenters. The van der Waals surface area contributed by atoms with Crippen molar-refractivity contribution in [2.45, 2.75) is 58.3 Å².